The van der Waals surface area contributed by atoms with E-state index in [1.807, 2.05) is 23.2 Å². The van der Waals surface area contributed by atoms with Crippen molar-refractivity contribution in [3.8, 4) is 0 Å². The fourth-order valence-corrected chi connectivity index (χ4v) is 4.07. The Morgan fingerprint density at radius 3 is 2.48 bits per heavy atom. The number of aromatic nitrogens is 2. The Hall–Kier alpha value is -2.76. The molecule has 4 rings (SSSR count). The van der Waals surface area contributed by atoms with Gasteiger partial charge in [-0.15, -0.1) is 0 Å². The molecule has 2 aromatic heterocycles. The van der Waals surface area contributed by atoms with Crippen molar-refractivity contribution in [2.75, 3.05) is 13.1 Å². The highest BCUT2D eigenvalue weighted by molar-refractivity contribution is 5.94. The molecule has 2 aliphatic heterocycles. The zero-order valence-corrected chi connectivity index (χ0v) is 13.9. The van der Waals surface area contributed by atoms with E-state index in [2.05, 4.69) is 15.3 Å². The standard InChI is InChI=1S/C19H20N4O2/c24-17-11-16(14-3-1-7-20-12-14)19(22-17)5-9-23(10-6-19)18(25)15-4-2-8-21-13-15/h1-4,7-8,12-13,16H,5-6,9-11H2,(H,22,24). The number of amides is 2. The Morgan fingerprint density at radius 1 is 1.12 bits per heavy atom. The average Bonchev–Trinajstić information content (AvgIpc) is 2.99. The summed E-state index contributed by atoms with van der Waals surface area (Å²) < 4.78 is 0. The van der Waals surface area contributed by atoms with Crippen LogP contribution in [-0.4, -0.2) is 45.3 Å². The third kappa shape index (κ3) is 2.88. The highest BCUT2D eigenvalue weighted by Gasteiger charge is 2.49. The first-order chi connectivity index (χ1) is 12.2. The molecular weight excluding hydrogens is 316 g/mol. The zero-order chi connectivity index (χ0) is 17.3. The summed E-state index contributed by atoms with van der Waals surface area (Å²) in [6.07, 6.45) is 8.85. The predicted octanol–water partition coefficient (Wildman–Crippen LogP) is 1.76. The summed E-state index contributed by atoms with van der Waals surface area (Å²) in [7, 11) is 0. The van der Waals surface area contributed by atoms with Crippen LogP contribution in [0.1, 0.15) is 41.1 Å². The van der Waals surface area contributed by atoms with Crippen molar-refractivity contribution >= 4 is 11.8 Å². The molecule has 0 aromatic carbocycles. The van der Waals surface area contributed by atoms with Crippen LogP contribution in [0, 0.1) is 0 Å². The quantitative estimate of drug-likeness (QED) is 0.907. The second kappa shape index (κ2) is 6.27. The molecule has 1 spiro atoms. The molecule has 1 atom stereocenters. The molecule has 6 nitrogen and oxygen atoms in total. The fourth-order valence-electron chi connectivity index (χ4n) is 4.07. The summed E-state index contributed by atoms with van der Waals surface area (Å²) in [5.41, 5.74) is 1.43. The molecule has 128 valence electrons. The first-order valence-corrected chi connectivity index (χ1v) is 8.58. The summed E-state index contributed by atoms with van der Waals surface area (Å²) in [6, 6.07) is 7.50. The van der Waals surface area contributed by atoms with Crippen molar-refractivity contribution < 1.29 is 9.59 Å². The molecule has 2 fully saturated rings. The van der Waals surface area contributed by atoms with Gasteiger partial charge in [-0.25, -0.2) is 0 Å². The number of nitrogens with one attached hydrogen (secondary N) is 1. The largest absolute Gasteiger partial charge is 0.350 e. The molecule has 1 N–H and O–H groups in total. The molecule has 25 heavy (non-hydrogen) atoms. The van der Waals surface area contributed by atoms with Gasteiger partial charge in [0.05, 0.1) is 11.1 Å². The predicted molar refractivity (Wildman–Crippen MR) is 91.8 cm³/mol. The lowest BCUT2D eigenvalue weighted by molar-refractivity contribution is -0.120. The van der Waals surface area contributed by atoms with E-state index in [1.54, 1.807) is 30.7 Å². The van der Waals surface area contributed by atoms with Crippen molar-refractivity contribution in [1.82, 2.24) is 20.2 Å². The number of pyridine rings is 2. The number of hydrogen-bond donors (Lipinski definition) is 1. The van der Waals surface area contributed by atoms with Gasteiger partial charge >= 0.3 is 0 Å². The molecule has 2 aliphatic rings. The number of carbonyl (C=O) groups excluding carboxylic acids is 2. The van der Waals surface area contributed by atoms with Gasteiger partial charge in [0, 0.05) is 50.2 Å². The topological polar surface area (TPSA) is 75.2 Å². The van der Waals surface area contributed by atoms with Gasteiger partial charge in [-0.05, 0) is 36.6 Å². The van der Waals surface area contributed by atoms with Gasteiger partial charge in [0.1, 0.15) is 0 Å². The molecule has 2 saturated heterocycles. The van der Waals surface area contributed by atoms with Crippen LogP contribution >= 0.6 is 0 Å². The van der Waals surface area contributed by atoms with E-state index < -0.39 is 0 Å². The van der Waals surface area contributed by atoms with Gasteiger partial charge in [0.25, 0.3) is 5.91 Å². The highest BCUT2D eigenvalue weighted by Crippen LogP contribution is 2.43. The van der Waals surface area contributed by atoms with Gasteiger partial charge in [-0.2, -0.15) is 0 Å². The molecule has 1 unspecified atom stereocenters. The van der Waals surface area contributed by atoms with Gasteiger partial charge in [-0.3, -0.25) is 19.6 Å². The normalized spacial score (nSPS) is 22.0. The number of likely N-dealkylation sites (tertiary alicyclic amines) is 1. The maximum absolute atomic E-state index is 12.6. The van der Waals surface area contributed by atoms with Crippen molar-refractivity contribution in [2.24, 2.45) is 0 Å². The second-order valence-corrected chi connectivity index (χ2v) is 6.78. The van der Waals surface area contributed by atoms with E-state index in [4.69, 9.17) is 0 Å². The summed E-state index contributed by atoms with van der Waals surface area (Å²) in [5.74, 6) is 0.204. The average molecular weight is 336 g/mol. The summed E-state index contributed by atoms with van der Waals surface area (Å²) >= 11 is 0. The molecule has 4 heterocycles. The number of piperidine rings is 1. The van der Waals surface area contributed by atoms with Gasteiger partial charge in [-0.1, -0.05) is 6.07 Å². The number of rotatable bonds is 2. The van der Waals surface area contributed by atoms with E-state index in [-0.39, 0.29) is 23.3 Å². The minimum Gasteiger partial charge on any atom is -0.350 e. The Kier molecular flexibility index (Phi) is 3.95. The Labute approximate surface area is 146 Å². The van der Waals surface area contributed by atoms with E-state index in [1.165, 1.54) is 0 Å². The summed E-state index contributed by atoms with van der Waals surface area (Å²) in [5, 5.41) is 3.20. The van der Waals surface area contributed by atoms with Crippen LogP contribution < -0.4 is 5.32 Å². The minimum absolute atomic E-state index is 0.00482. The van der Waals surface area contributed by atoms with Crippen LogP contribution in [0.4, 0.5) is 0 Å². The number of carbonyl (C=O) groups is 2. The van der Waals surface area contributed by atoms with Crippen LogP contribution in [0.25, 0.3) is 0 Å². The van der Waals surface area contributed by atoms with Crippen molar-refractivity contribution in [3.63, 3.8) is 0 Å². The van der Waals surface area contributed by atoms with Crippen LogP contribution in [0.5, 0.6) is 0 Å². The van der Waals surface area contributed by atoms with Gasteiger partial charge in [0.15, 0.2) is 0 Å². The summed E-state index contributed by atoms with van der Waals surface area (Å²) in [4.78, 5) is 34.8. The van der Waals surface area contributed by atoms with Crippen molar-refractivity contribution in [3.05, 3.63) is 60.2 Å². The third-order valence-electron chi connectivity index (χ3n) is 5.38. The van der Waals surface area contributed by atoms with E-state index in [0.29, 0.717) is 25.1 Å². The Morgan fingerprint density at radius 2 is 1.84 bits per heavy atom. The van der Waals surface area contributed by atoms with Crippen LogP contribution in [-0.2, 0) is 4.79 Å². The first-order valence-electron chi connectivity index (χ1n) is 8.58. The van der Waals surface area contributed by atoms with Crippen LogP contribution in [0.15, 0.2) is 49.1 Å². The molecule has 2 amide bonds. The lowest BCUT2D eigenvalue weighted by atomic mass is 9.74. The van der Waals surface area contributed by atoms with E-state index in [9.17, 15) is 9.59 Å². The zero-order valence-electron chi connectivity index (χ0n) is 13.9. The Balaban J connectivity index is 1.51. The minimum atomic E-state index is -0.272. The SMILES string of the molecule is O=C1CC(c2cccnc2)C2(CCN(C(=O)c3cccnc3)CC2)N1. The maximum atomic E-state index is 12.6. The lowest BCUT2D eigenvalue weighted by Crippen LogP contribution is -2.54. The smallest absolute Gasteiger partial charge is 0.255 e. The van der Waals surface area contributed by atoms with Crippen molar-refractivity contribution in [1.29, 1.82) is 0 Å². The van der Waals surface area contributed by atoms with Gasteiger partial charge < -0.3 is 10.2 Å². The lowest BCUT2D eigenvalue weighted by Gasteiger charge is -2.42. The third-order valence-corrected chi connectivity index (χ3v) is 5.38. The van der Waals surface area contributed by atoms with Gasteiger partial charge in [0.2, 0.25) is 5.91 Å². The highest BCUT2D eigenvalue weighted by atomic mass is 16.2. The van der Waals surface area contributed by atoms with Crippen LogP contribution in [0.3, 0.4) is 0 Å². The monoisotopic (exact) mass is 336 g/mol. The van der Waals surface area contributed by atoms with Crippen molar-refractivity contribution in [2.45, 2.75) is 30.7 Å². The molecule has 0 aliphatic carbocycles. The molecule has 2 aromatic rings. The fraction of sp³-hybridized carbons (Fsp3) is 0.368. The molecule has 0 radical (unpaired) electrons. The molecule has 0 saturated carbocycles. The molecule has 0 bridgehead atoms. The first kappa shape index (κ1) is 15.7. The Bertz CT molecular complexity index is 771. The number of hydrogen-bond acceptors (Lipinski definition) is 4. The van der Waals surface area contributed by atoms with E-state index >= 15 is 0 Å². The van der Waals surface area contributed by atoms with Crippen LogP contribution in [0.2, 0.25) is 0 Å². The summed E-state index contributed by atoms with van der Waals surface area (Å²) in [6.45, 7) is 1.26. The molecule has 6 heteroatoms. The van der Waals surface area contributed by atoms with E-state index in [0.717, 1.165) is 18.4 Å². The molecular formula is C19H20N4O2. The second-order valence-electron chi connectivity index (χ2n) is 6.78. The maximum Gasteiger partial charge on any atom is 0.255 e. The number of nitrogens with zero attached hydrogens (tertiary/aromatic N) is 3.